The molecular weight excluding hydrogens is 302 g/mol. The second-order valence-electron chi connectivity index (χ2n) is 5.32. The van der Waals surface area contributed by atoms with Gasteiger partial charge in [0.2, 0.25) is 0 Å². The largest absolute Gasteiger partial charge is 0.322 e. The fourth-order valence-corrected chi connectivity index (χ4v) is 2.54. The molecule has 0 fully saturated rings. The molecule has 0 radical (unpaired) electrons. The van der Waals surface area contributed by atoms with Crippen LogP contribution in [0, 0.1) is 0 Å². The van der Waals surface area contributed by atoms with Crippen LogP contribution in [0.25, 0.3) is 16.5 Å². The summed E-state index contributed by atoms with van der Waals surface area (Å²) >= 11 is 0. The third-order valence-electron chi connectivity index (χ3n) is 3.73. The number of hydrogen-bond donors (Lipinski definition) is 1. The Morgan fingerprint density at radius 3 is 2.62 bits per heavy atom. The van der Waals surface area contributed by atoms with Gasteiger partial charge in [-0.25, -0.2) is 4.68 Å². The minimum atomic E-state index is -0.158. The molecular formula is C18H13N5O. The van der Waals surface area contributed by atoms with Gasteiger partial charge in [0.25, 0.3) is 5.91 Å². The predicted molar refractivity (Wildman–Crippen MR) is 91.1 cm³/mol. The van der Waals surface area contributed by atoms with Crippen molar-refractivity contribution in [3.63, 3.8) is 0 Å². The molecule has 116 valence electrons. The van der Waals surface area contributed by atoms with Crippen LogP contribution in [0.5, 0.6) is 0 Å². The third kappa shape index (κ3) is 2.72. The van der Waals surface area contributed by atoms with Crippen molar-refractivity contribution in [2.45, 2.75) is 0 Å². The van der Waals surface area contributed by atoms with Gasteiger partial charge in [0.05, 0.1) is 5.69 Å². The Balaban J connectivity index is 1.60. The summed E-state index contributed by atoms with van der Waals surface area (Å²) in [4.78, 5) is 12.5. The quantitative estimate of drug-likeness (QED) is 0.630. The number of rotatable bonds is 3. The summed E-state index contributed by atoms with van der Waals surface area (Å²) < 4.78 is 1.53. The molecule has 0 unspecified atom stereocenters. The molecule has 24 heavy (non-hydrogen) atoms. The SMILES string of the molecule is O=C(Nc1cccc(-n2cnnn2)c1)c1ccc2ccccc2c1. The van der Waals surface area contributed by atoms with E-state index >= 15 is 0 Å². The van der Waals surface area contributed by atoms with E-state index in [4.69, 9.17) is 0 Å². The number of hydrogen-bond acceptors (Lipinski definition) is 4. The second kappa shape index (κ2) is 5.92. The highest BCUT2D eigenvalue weighted by Gasteiger charge is 2.08. The van der Waals surface area contributed by atoms with Crippen molar-refractivity contribution in [2.24, 2.45) is 0 Å². The van der Waals surface area contributed by atoms with Gasteiger partial charge in [0.15, 0.2) is 0 Å². The van der Waals surface area contributed by atoms with Crippen molar-refractivity contribution < 1.29 is 4.79 Å². The van der Waals surface area contributed by atoms with Crippen LogP contribution in [0.15, 0.2) is 73.1 Å². The third-order valence-corrected chi connectivity index (χ3v) is 3.73. The van der Waals surface area contributed by atoms with Crippen molar-refractivity contribution in [1.82, 2.24) is 20.2 Å². The van der Waals surface area contributed by atoms with Crippen LogP contribution in [-0.4, -0.2) is 26.1 Å². The number of nitrogens with zero attached hydrogens (tertiary/aromatic N) is 4. The van der Waals surface area contributed by atoms with Gasteiger partial charge >= 0.3 is 0 Å². The summed E-state index contributed by atoms with van der Waals surface area (Å²) in [5, 5.41) is 16.1. The Labute approximate surface area is 137 Å². The summed E-state index contributed by atoms with van der Waals surface area (Å²) in [7, 11) is 0. The van der Waals surface area contributed by atoms with Crippen molar-refractivity contribution >= 4 is 22.4 Å². The van der Waals surface area contributed by atoms with E-state index in [2.05, 4.69) is 20.8 Å². The van der Waals surface area contributed by atoms with Gasteiger partial charge in [-0.1, -0.05) is 36.4 Å². The Bertz CT molecular complexity index is 1010. The monoisotopic (exact) mass is 315 g/mol. The molecule has 0 saturated heterocycles. The highest BCUT2D eigenvalue weighted by atomic mass is 16.1. The molecule has 0 aliphatic heterocycles. The van der Waals surface area contributed by atoms with Gasteiger partial charge in [0.1, 0.15) is 6.33 Å². The van der Waals surface area contributed by atoms with Crippen LogP contribution in [0.3, 0.4) is 0 Å². The number of tetrazole rings is 1. The lowest BCUT2D eigenvalue weighted by molar-refractivity contribution is 0.102. The van der Waals surface area contributed by atoms with Crippen molar-refractivity contribution in [2.75, 3.05) is 5.32 Å². The molecule has 6 heteroatoms. The summed E-state index contributed by atoms with van der Waals surface area (Å²) in [6.07, 6.45) is 1.50. The number of carbonyl (C=O) groups is 1. The van der Waals surface area contributed by atoms with Gasteiger partial charge in [-0.2, -0.15) is 0 Å². The lowest BCUT2D eigenvalue weighted by Gasteiger charge is -2.08. The lowest BCUT2D eigenvalue weighted by Crippen LogP contribution is -2.12. The predicted octanol–water partition coefficient (Wildman–Crippen LogP) is 3.07. The molecule has 3 aromatic carbocycles. The number of aromatic nitrogens is 4. The molecule has 0 bridgehead atoms. The van der Waals surface area contributed by atoms with Crippen LogP contribution in [0.4, 0.5) is 5.69 Å². The van der Waals surface area contributed by atoms with E-state index < -0.39 is 0 Å². The van der Waals surface area contributed by atoms with Crippen LogP contribution in [0.1, 0.15) is 10.4 Å². The zero-order valence-electron chi connectivity index (χ0n) is 12.6. The first-order valence-electron chi connectivity index (χ1n) is 7.43. The summed E-state index contributed by atoms with van der Waals surface area (Å²) in [5.74, 6) is -0.158. The zero-order chi connectivity index (χ0) is 16.4. The van der Waals surface area contributed by atoms with E-state index in [-0.39, 0.29) is 5.91 Å². The number of fused-ring (bicyclic) bond motifs is 1. The average Bonchev–Trinajstić information content (AvgIpc) is 3.16. The number of benzene rings is 3. The Morgan fingerprint density at radius 2 is 1.79 bits per heavy atom. The second-order valence-corrected chi connectivity index (χ2v) is 5.32. The van der Waals surface area contributed by atoms with E-state index in [1.807, 2.05) is 66.7 Å². The zero-order valence-corrected chi connectivity index (χ0v) is 12.6. The van der Waals surface area contributed by atoms with Crippen LogP contribution in [-0.2, 0) is 0 Å². The Hall–Kier alpha value is -3.54. The smallest absolute Gasteiger partial charge is 0.255 e. The minimum Gasteiger partial charge on any atom is -0.322 e. The molecule has 0 spiro atoms. The van der Waals surface area contributed by atoms with Gasteiger partial charge < -0.3 is 5.32 Å². The first-order valence-corrected chi connectivity index (χ1v) is 7.43. The summed E-state index contributed by atoms with van der Waals surface area (Å²) in [6, 6.07) is 20.9. The summed E-state index contributed by atoms with van der Waals surface area (Å²) in [5.41, 5.74) is 2.07. The normalized spacial score (nSPS) is 10.7. The maximum Gasteiger partial charge on any atom is 0.255 e. The number of carbonyl (C=O) groups excluding carboxylic acids is 1. The van der Waals surface area contributed by atoms with Crippen molar-refractivity contribution in [3.8, 4) is 5.69 Å². The van der Waals surface area contributed by atoms with Crippen LogP contribution >= 0.6 is 0 Å². The van der Waals surface area contributed by atoms with Crippen LogP contribution in [0.2, 0.25) is 0 Å². The maximum atomic E-state index is 12.5. The molecule has 0 atom stereocenters. The number of anilines is 1. The van der Waals surface area contributed by atoms with E-state index in [0.717, 1.165) is 16.5 Å². The van der Waals surface area contributed by atoms with Crippen molar-refractivity contribution in [3.05, 3.63) is 78.6 Å². The van der Waals surface area contributed by atoms with Gasteiger partial charge in [-0.15, -0.1) is 5.10 Å². The van der Waals surface area contributed by atoms with E-state index in [9.17, 15) is 4.79 Å². The molecule has 0 saturated carbocycles. The molecule has 1 heterocycles. The van der Waals surface area contributed by atoms with Crippen molar-refractivity contribution in [1.29, 1.82) is 0 Å². The maximum absolute atomic E-state index is 12.5. The molecule has 1 amide bonds. The summed E-state index contributed by atoms with van der Waals surface area (Å²) in [6.45, 7) is 0. The highest BCUT2D eigenvalue weighted by Crippen LogP contribution is 2.18. The Kier molecular flexibility index (Phi) is 3.47. The van der Waals surface area contributed by atoms with E-state index in [0.29, 0.717) is 11.3 Å². The topological polar surface area (TPSA) is 72.7 Å². The van der Waals surface area contributed by atoms with Gasteiger partial charge in [-0.3, -0.25) is 4.79 Å². The molecule has 6 nitrogen and oxygen atoms in total. The lowest BCUT2D eigenvalue weighted by atomic mass is 10.1. The number of nitrogens with one attached hydrogen (secondary N) is 1. The first kappa shape index (κ1) is 14.1. The fraction of sp³-hybridized carbons (Fsp3) is 0. The molecule has 0 aliphatic rings. The van der Waals surface area contributed by atoms with Gasteiger partial charge in [0, 0.05) is 11.3 Å². The first-order chi connectivity index (χ1) is 11.8. The standard InChI is InChI=1S/C18H13N5O/c24-18(15-9-8-13-4-1-2-5-14(13)10-15)20-16-6-3-7-17(11-16)23-12-19-21-22-23/h1-12H,(H,20,24). The van der Waals surface area contributed by atoms with E-state index in [1.165, 1.54) is 11.0 Å². The van der Waals surface area contributed by atoms with Crippen LogP contribution < -0.4 is 5.32 Å². The fourth-order valence-electron chi connectivity index (χ4n) is 2.54. The average molecular weight is 315 g/mol. The molecule has 4 aromatic rings. The molecule has 1 N–H and O–H groups in total. The van der Waals surface area contributed by atoms with E-state index in [1.54, 1.807) is 0 Å². The molecule has 1 aromatic heterocycles. The van der Waals surface area contributed by atoms with Gasteiger partial charge in [-0.05, 0) is 51.5 Å². The number of amides is 1. The molecule has 0 aliphatic carbocycles. The molecule has 4 rings (SSSR count). The highest BCUT2D eigenvalue weighted by molar-refractivity contribution is 6.06. The minimum absolute atomic E-state index is 0.158. The Morgan fingerprint density at radius 1 is 0.917 bits per heavy atom.